The van der Waals surface area contributed by atoms with Crippen LogP contribution in [0.1, 0.15) is 41.9 Å². The summed E-state index contributed by atoms with van der Waals surface area (Å²) in [6.45, 7) is 7.65. The van der Waals surface area contributed by atoms with Gasteiger partial charge in [0.15, 0.2) is 0 Å². The molecule has 3 rings (SSSR count). The Morgan fingerprint density at radius 3 is 2.88 bits per heavy atom. The van der Waals surface area contributed by atoms with Gasteiger partial charge in [-0.25, -0.2) is 4.98 Å². The van der Waals surface area contributed by atoms with Crippen LogP contribution in [0.3, 0.4) is 0 Å². The highest BCUT2D eigenvalue weighted by molar-refractivity contribution is 5.37. The van der Waals surface area contributed by atoms with Crippen LogP contribution in [0.4, 0.5) is 0 Å². The monoisotopic (exact) mass is 329 g/mol. The molecule has 0 saturated carbocycles. The molecule has 0 amide bonds. The van der Waals surface area contributed by atoms with Crippen molar-refractivity contribution in [3.05, 3.63) is 47.0 Å². The third-order valence-electron chi connectivity index (χ3n) is 4.67. The van der Waals surface area contributed by atoms with Crippen molar-refractivity contribution >= 4 is 0 Å². The number of aryl methyl sites for hydroxylation is 2. The molecule has 1 aromatic carbocycles. The van der Waals surface area contributed by atoms with Gasteiger partial charge in [0.05, 0.1) is 18.9 Å². The molecule has 1 aliphatic rings. The lowest BCUT2D eigenvalue weighted by atomic mass is 10.1. The minimum Gasteiger partial charge on any atom is -0.494 e. The zero-order valence-electron chi connectivity index (χ0n) is 14.8. The van der Waals surface area contributed by atoms with E-state index in [9.17, 15) is 5.11 Å². The van der Waals surface area contributed by atoms with Crippen LogP contribution in [-0.4, -0.2) is 39.3 Å². The van der Waals surface area contributed by atoms with Gasteiger partial charge in [0.25, 0.3) is 0 Å². The SMILES string of the molecule is CCOc1ccc(CN2CC[C@@H](c3nc(C)cn3C)C2)cc1CO. The predicted molar refractivity (Wildman–Crippen MR) is 94.1 cm³/mol. The van der Waals surface area contributed by atoms with Gasteiger partial charge < -0.3 is 14.4 Å². The van der Waals surface area contributed by atoms with Gasteiger partial charge in [0.1, 0.15) is 11.6 Å². The fourth-order valence-corrected chi connectivity index (χ4v) is 3.61. The van der Waals surface area contributed by atoms with Crippen molar-refractivity contribution in [2.45, 2.75) is 39.3 Å². The summed E-state index contributed by atoms with van der Waals surface area (Å²) in [5.74, 6) is 2.48. The second kappa shape index (κ2) is 7.36. The first kappa shape index (κ1) is 17.0. The first-order chi connectivity index (χ1) is 11.6. The molecule has 24 heavy (non-hydrogen) atoms. The van der Waals surface area contributed by atoms with Gasteiger partial charge in [0, 0.05) is 37.8 Å². The summed E-state index contributed by atoms with van der Waals surface area (Å²) < 4.78 is 7.72. The van der Waals surface area contributed by atoms with E-state index in [1.165, 1.54) is 11.4 Å². The van der Waals surface area contributed by atoms with E-state index in [0.717, 1.165) is 43.1 Å². The van der Waals surface area contributed by atoms with Gasteiger partial charge in [0.2, 0.25) is 0 Å². The molecule has 0 bridgehead atoms. The van der Waals surface area contributed by atoms with Crippen LogP contribution in [0.5, 0.6) is 5.75 Å². The molecule has 2 aromatic rings. The van der Waals surface area contributed by atoms with Crippen LogP contribution in [0, 0.1) is 6.92 Å². The highest BCUT2D eigenvalue weighted by Gasteiger charge is 2.27. The topological polar surface area (TPSA) is 50.5 Å². The summed E-state index contributed by atoms with van der Waals surface area (Å²) in [7, 11) is 2.08. The smallest absolute Gasteiger partial charge is 0.124 e. The van der Waals surface area contributed by atoms with Crippen LogP contribution < -0.4 is 4.74 Å². The Bertz CT molecular complexity index is 696. The number of nitrogens with zero attached hydrogens (tertiary/aromatic N) is 3. The average molecular weight is 329 g/mol. The third-order valence-corrected chi connectivity index (χ3v) is 4.67. The zero-order valence-corrected chi connectivity index (χ0v) is 14.8. The Kier molecular flexibility index (Phi) is 5.21. The van der Waals surface area contributed by atoms with Crippen molar-refractivity contribution in [3.63, 3.8) is 0 Å². The van der Waals surface area contributed by atoms with Gasteiger partial charge in [-0.3, -0.25) is 4.90 Å². The lowest BCUT2D eigenvalue weighted by Crippen LogP contribution is -2.20. The fraction of sp³-hybridized carbons (Fsp3) is 0.526. The molecule has 0 aliphatic carbocycles. The molecule has 5 nitrogen and oxygen atoms in total. The van der Waals surface area contributed by atoms with E-state index in [-0.39, 0.29) is 6.61 Å². The average Bonchev–Trinajstić information content (AvgIpc) is 3.15. The molecule has 0 radical (unpaired) electrons. The van der Waals surface area contributed by atoms with Gasteiger partial charge in [-0.2, -0.15) is 0 Å². The molecular formula is C19H27N3O2. The van der Waals surface area contributed by atoms with Gasteiger partial charge in [-0.15, -0.1) is 0 Å². The first-order valence-corrected chi connectivity index (χ1v) is 8.68. The van der Waals surface area contributed by atoms with E-state index >= 15 is 0 Å². The van der Waals surface area contributed by atoms with Crippen molar-refractivity contribution in [3.8, 4) is 5.75 Å². The summed E-state index contributed by atoms with van der Waals surface area (Å²) >= 11 is 0. The second-order valence-corrected chi connectivity index (χ2v) is 6.61. The van der Waals surface area contributed by atoms with Gasteiger partial charge >= 0.3 is 0 Å². The zero-order chi connectivity index (χ0) is 17.1. The number of hydrogen-bond donors (Lipinski definition) is 1. The van der Waals surface area contributed by atoms with Crippen LogP contribution >= 0.6 is 0 Å². The number of aliphatic hydroxyl groups is 1. The van der Waals surface area contributed by atoms with Crippen LogP contribution in [0.2, 0.25) is 0 Å². The third kappa shape index (κ3) is 3.62. The van der Waals surface area contributed by atoms with E-state index in [0.29, 0.717) is 12.5 Å². The van der Waals surface area contributed by atoms with E-state index in [4.69, 9.17) is 4.74 Å². The molecule has 1 aliphatic heterocycles. The maximum atomic E-state index is 9.55. The summed E-state index contributed by atoms with van der Waals surface area (Å²) in [5.41, 5.74) is 3.18. The molecule has 1 fully saturated rings. The second-order valence-electron chi connectivity index (χ2n) is 6.61. The summed E-state index contributed by atoms with van der Waals surface area (Å²) in [6, 6.07) is 6.13. The molecule has 1 saturated heterocycles. The number of aromatic nitrogens is 2. The first-order valence-electron chi connectivity index (χ1n) is 8.68. The van der Waals surface area contributed by atoms with Crippen molar-refractivity contribution in [2.75, 3.05) is 19.7 Å². The number of benzene rings is 1. The van der Waals surface area contributed by atoms with Gasteiger partial charge in [-0.05, 0) is 44.5 Å². The Hall–Kier alpha value is -1.85. The minimum atomic E-state index is 0.0122. The van der Waals surface area contributed by atoms with E-state index in [1.807, 2.05) is 19.9 Å². The molecule has 5 heteroatoms. The molecule has 1 atom stereocenters. The number of imidazole rings is 1. The van der Waals surface area contributed by atoms with Crippen molar-refractivity contribution < 1.29 is 9.84 Å². The lowest BCUT2D eigenvalue weighted by Gasteiger charge is -2.17. The van der Waals surface area contributed by atoms with Gasteiger partial charge in [-0.1, -0.05) is 6.07 Å². The fourth-order valence-electron chi connectivity index (χ4n) is 3.61. The molecule has 1 aromatic heterocycles. The van der Waals surface area contributed by atoms with Crippen LogP contribution in [0.15, 0.2) is 24.4 Å². The Morgan fingerprint density at radius 1 is 1.38 bits per heavy atom. The maximum Gasteiger partial charge on any atom is 0.124 e. The molecule has 0 spiro atoms. The van der Waals surface area contributed by atoms with E-state index in [2.05, 4.69) is 39.8 Å². The molecular weight excluding hydrogens is 302 g/mol. The Labute approximate surface area is 143 Å². The van der Waals surface area contributed by atoms with Crippen molar-refractivity contribution in [1.82, 2.24) is 14.5 Å². The van der Waals surface area contributed by atoms with E-state index < -0.39 is 0 Å². The molecule has 130 valence electrons. The maximum absolute atomic E-state index is 9.55. The normalized spacial score (nSPS) is 18.2. The molecule has 1 N–H and O–H groups in total. The molecule has 0 unspecified atom stereocenters. The lowest BCUT2D eigenvalue weighted by molar-refractivity contribution is 0.266. The summed E-state index contributed by atoms with van der Waals surface area (Å²) in [5, 5.41) is 9.55. The number of likely N-dealkylation sites (tertiary alicyclic amines) is 1. The quantitative estimate of drug-likeness (QED) is 0.885. The Morgan fingerprint density at radius 2 is 2.21 bits per heavy atom. The van der Waals surface area contributed by atoms with Crippen molar-refractivity contribution in [1.29, 1.82) is 0 Å². The van der Waals surface area contributed by atoms with Crippen LogP contribution in [-0.2, 0) is 20.2 Å². The Balaban J connectivity index is 1.66. The highest BCUT2D eigenvalue weighted by Crippen LogP contribution is 2.28. The van der Waals surface area contributed by atoms with Crippen LogP contribution in [0.25, 0.3) is 0 Å². The summed E-state index contributed by atoms with van der Waals surface area (Å²) in [4.78, 5) is 7.14. The van der Waals surface area contributed by atoms with E-state index in [1.54, 1.807) is 0 Å². The number of aliphatic hydroxyl groups excluding tert-OH is 1. The number of hydrogen-bond acceptors (Lipinski definition) is 4. The standard InChI is InChI=1S/C19H27N3O2/c1-4-24-18-6-5-15(9-17(18)13-23)11-22-8-7-16(12-22)19-20-14(2)10-21(19)3/h5-6,9-10,16,23H,4,7-8,11-13H2,1-3H3/t16-/m1/s1. The molecule has 2 heterocycles. The largest absolute Gasteiger partial charge is 0.494 e. The number of rotatable bonds is 6. The number of ether oxygens (including phenoxy) is 1. The highest BCUT2D eigenvalue weighted by atomic mass is 16.5. The van der Waals surface area contributed by atoms with Crippen molar-refractivity contribution in [2.24, 2.45) is 7.05 Å². The minimum absolute atomic E-state index is 0.0122. The summed E-state index contributed by atoms with van der Waals surface area (Å²) in [6.07, 6.45) is 3.24. The predicted octanol–water partition coefficient (Wildman–Crippen LogP) is 2.61.